The molecule has 5 rings (SSSR count). The normalized spacial score (nSPS) is 33.8. The van der Waals surface area contributed by atoms with Gasteiger partial charge in [-0.1, -0.05) is 0 Å². The maximum Gasteiger partial charge on any atom is 0.337 e. The lowest BCUT2D eigenvalue weighted by Crippen LogP contribution is -2.70. The number of ether oxygens (including phenoxy) is 2. The van der Waals surface area contributed by atoms with Gasteiger partial charge in [-0.15, -0.1) is 0 Å². The van der Waals surface area contributed by atoms with Gasteiger partial charge >= 0.3 is 5.97 Å². The van der Waals surface area contributed by atoms with E-state index in [0.717, 1.165) is 31.4 Å². The number of hydrogen-bond acceptors (Lipinski definition) is 8. The monoisotopic (exact) mass is 481 g/mol. The average molecular weight is 482 g/mol. The number of carbonyl (C=O) groups is 1. The van der Waals surface area contributed by atoms with E-state index in [-0.39, 0.29) is 18.3 Å². The fourth-order valence-electron chi connectivity index (χ4n) is 6.92. The summed E-state index contributed by atoms with van der Waals surface area (Å²) >= 11 is 0. The molecule has 4 fully saturated rings. The van der Waals surface area contributed by atoms with Gasteiger partial charge in [0, 0.05) is 10.8 Å². The molecule has 9 heteroatoms. The van der Waals surface area contributed by atoms with Crippen LogP contribution >= 0.6 is 0 Å². The molecule has 2 atom stereocenters. The van der Waals surface area contributed by atoms with Gasteiger partial charge in [0.15, 0.2) is 0 Å². The molecule has 184 valence electrons. The molecule has 0 aliphatic heterocycles. The third-order valence-electron chi connectivity index (χ3n) is 8.45. The van der Waals surface area contributed by atoms with Gasteiger partial charge in [0.2, 0.25) is 0 Å². The SMILES string of the molecule is CC(C)(O)C12CC3CC(OCC(=O)Oc4ccc(S(=O)(=O)[O-])cc4)(C1)CC(C(C)(C)O)(C3)C2. The molecule has 4 aliphatic rings. The van der Waals surface area contributed by atoms with Gasteiger partial charge in [-0.3, -0.25) is 0 Å². The van der Waals surface area contributed by atoms with Crippen LogP contribution in [0.4, 0.5) is 0 Å². The van der Waals surface area contributed by atoms with Crippen molar-refractivity contribution in [3.05, 3.63) is 24.3 Å². The summed E-state index contributed by atoms with van der Waals surface area (Å²) < 4.78 is 44.7. The first-order chi connectivity index (χ1) is 15.0. The molecular weight excluding hydrogens is 448 g/mol. The second-order valence-corrected chi connectivity index (χ2v) is 12.9. The van der Waals surface area contributed by atoms with Gasteiger partial charge in [0.05, 0.1) is 21.7 Å². The Hall–Kier alpha value is -1.52. The highest BCUT2D eigenvalue weighted by Crippen LogP contribution is 2.72. The lowest BCUT2D eigenvalue weighted by molar-refractivity contribution is -0.291. The summed E-state index contributed by atoms with van der Waals surface area (Å²) in [6.07, 6.45) is 4.46. The quantitative estimate of drug-likeness (QED) is 0.345. The molecule has 1 aromatic carbocycles. The minimum Gasteiger partial charge on any atom is -0.744 e. The minimum atomic E-state index is -4.58. The highest BCUT2D eigenvalue weighted by atomic mass is 32.2. The number of carbonyl (C=O) groups excluding carboxylic acids is 1. The van der Waals surface area contributed by atoms with E-state index < -0.39 is 48.6 Å². The molecule has 1 aromatic rings. The standard InChI is InChI=1S/C24H34O8S/c1-20(2,26)22-9-16-10-23(13-22,21(3,4)27)15-24(11-16,14-22)31-12-19(25)32-17-5-7-18(8-6-17)33(28,29)30/h5-8,16,26-27H,9-15H2,1-4H3,(H,28,29,30)/p-1. The third kappa shape index (κ3) is 4.34. The fourth-order valence-corrected chi connectivity index (χ4v) is 7.39. The lowest BCUT2D eigenvalue weighted by Gasteiger charge is -2.71. The van der Waals surface area contributed by atoms with E-state index in [1.54, 1.807) is 0 Å². The summed E-state index contributed by atoms with van der Waals surface area (Å²) in [6.45, 7) is 6.99. The fraction of sp³-hybridized carbons (Fsp3) is 0.708. The van der Waals surface area contributed by atoms with E-state index in [4.69, 9.17) is 9.47 Å². The van der Waals surface area contributed by atoms with Crippen molar-refractivity contribution in [2.45, 2.75) is 87.9 Å². The summed E-state index contributed by atoms with van der Waals surface area (Å²) in [4.78, 5) is 12.1. The molecule has 0 heterocycles. The van der Waals surface area contributed by atoms with Crippen LogP contribution in [0.3, 0.4) is 0 Å². The van der Waals surface area contributed by atoms with Crippen LogP contribution in [0.15, 0.2) is 29.2 Å². The van der Waals surface area contributed by atoms with Gasteiger partial charge in [-0.2, -0.15) is 0 Å². The van der Waals surface area contributed by atoms with Crippen LogP contribution in [-0.2, 0) is 19.6 Å². The number of rotatable bonds is 7. The predicted molar refractivity (Wildman–Crippen MR) is 117 cm³/mol. The van der Waals surface area contributed by atoms with Gasteiger partial charge < -0.3 is 24.2 Å². The van der Waals surface area contributed by atoms with Gasteiger partial charge in [0.25, 0.3) is 0 Å². The van der Waals surface area contributed by atoms with E-state index in [2.05, 4.69) is 0 Å². The van der Waals surface area contributed by atoms with Crippen molar-refractivity contribution in [2.24, 2.45) is 16.7 Å². The Bertz CT molecular complexity index is 1000. The van der Waals surface area contributed by atoms with Crippen LogP contribution < -0.4 is 4.74 Å². The van der Waals surface area contributed by atoms with Crippen LogP contribution in [0.25, 0.3) is 0 Å². The van der Waals surface area contributed by atoms with Crippen LogP contribution in [0.5, 0.6) is 5.75 Å². The molecule has 0 saturated heterocycles. The first-order valence-corrected chi connectivity index (χ1v) is 12.7. The molecule has 8 nitrogen and oxygen atoms in total. The highest BCUT2D eigenvalue weighted by molar-refractivity contribution is 7.85. The zero-order valence-electron chi connectivity index (χ0n) is 19.6. The molecule has 0 spiro atoms. The summed E-state index contributed by atoms with van der Waals surface area (Å²) in [5.41, 5.74) is -3.37. The zero-order chi connectivity index (χ0) is 24.5. The molecule has 0 radical (unpaired) electrons. The van der Waals surface area contributed by atoms with Crippen molar-refractivity contribution in [3.8, 4) is 5.75 Å². The van der Waals surface area contributed by atoms with Crippen LogP contribution in [0.2, 0.25) is 0 Å². The maximum absolute atomic E-state index is 12.5. The van der Waals surface area contributed by atoms with Crippen molar-refractivity contribution in [3.63, 3.8) is 0 Å². The topological polar surface area (TPSA) is 133 Å². The number of hydrogen-bond donors (Lipinski definition) is 2. The van der Waals surface area contributed by atoms with Crippen molar-refractivity contribution in [1.82, 2.24) is 0 Å². The molecular formula is C24H33O8S-. The first-order valence-electron chi connectivity index (χ1n) is 11.3. The molecule has 2 N–H and O–H groups in total. The second kappa shape index (κ2) is 7.49. The molecule has 2 unspecified atom stereocenters. The molecule has 4 saturated carbocycles. The Morgan fingerprint density at radius 2 is 1.52 bits per heavy atom. The van der Waals surface area contributed by atoms with E-state index >= 15 is 0 Å². The van der Waals surface area contributed by atoms with Crippen LogP contribution in [0.1, 0.15) is 66.2 Å². The summed E-state index contributed by atoms with van der Waals surface area (Å²) in [6, 6.07) is 4.68. The van der Waals surface area contributed by atoms with Crippen molar-refractivity contribution >= 4 is 16.1 Å². The van der Waals surface area contributed by atoms with Gasteiger partial charge in [0.1, 0.15) is 22.5 Å². The van der Waals surface area contributed by atoms with Crippen molar-refractivity contribution < 1.29 is 37.5 Å². The maximum atomic E-state index is 12.5. The first kappa shape index (κ1) is 24.6. The van der Waals surface area contributed by atoms with E-state index in [1.165, 1.54) is 12.1 Å². The van der Waals surface area contributed by atoms with E-state index in [0.29, 0.717) is 19.3 Å². The Kier molecular flexibility index (Phi) is 5.58. The minimum absolute atomic E-state index is 0.113. The third-order valence-corrected chi connectivity index (χ3v) is 9.30. The Balaban J connectivity index is 1.51. The highest BCUT2D eigenvalue weighted by Gasteiger charge is 2.70. The van der Waals surface area contributed by atoms with Crippen molar-refractivity contribution in [1.29, 1.82) is 0 Å². The molecule has 33 heavy (non-hydrogen) atoms. The van der Waals surface area contributed by atoms with Crippen LogP contribution in [0, 0.1) is 16.7 Å². The van der Waals surface area contributed by atoms with Gasteiger partial charge in [-0.25, -0.2) is 13.2 Å². The molecule has 0 aromatic heterocycles. The van der Waals surface area contributed by atoms with E-state index in [1.807, 2.05) is 27.7 Å². The number of benzene rings is 1. The molecule has 0 amide bonds. The number of esters is 1. The second-order valence-electron chi connectivity index (χ2n) is 11.6. The predicted octanol–water partition coefficient (Wildman–Crippen LogP) is 2.76. The average Bonchev–Trinajstić information content (AvgIpc) is 2.63. The number of aliphatic hydroxyl groups is 2. The lowest BCUT2D eigenvalue weighted by atomic mass is 9.37. The van der Waals surface area contributed by atoms with Crippen LogP contribution in [-0.4, -0.2) is 52.6 Å². The summed E-state index contributed by atoms with van der Waals surface area (Å²) in [5, 5.41) is 22.3. The Labute approximate surface area is 195 Å². The Morgan fingerprint density at radius 1 is 1.00 bits per heavy atom. The zero-order valence-corrected chi connectivity index (χ0v) is 20.4. The smallest absolute Gasteiger partial charge is 0.337 e. The largest absolute Gasteiger partial charge is 0.744 e. The summed E-state index contributed by atoms with van der Waals surface area (Å²) in [5.74, 6) is -0.239. The Morgan fingerprint density at radius 3 is 1.97 bits per heavy atom. The van der Waals surface area contributed by atoms with Crippen molar-refractivity contribution in [2.75, 3.05) is 6.61 Å². The summed E-state index contributed by atoms with van der Waals surface area (Å²) in [7, 11) is -4.58. The molecule has 4 bridgehead atoms. The van der Waals surface area contributed by atoms with Gasteiger partial charge in [-0.05, 0) is 96.4 Å². The molecule has 4 aliphatic carbocycles. The van der Waals surface area contributed by atoms with E-state index in [9.17, 15) is 28.0 Å².